The highest BCUT2D eigenvalue weighted by molar-refractivity contribution is 5.58. The number of benzene rings is 1. The summed E-state index contributed by atoms with van der Waals surface area (Å²) >= 11 is 0. The molecule has 0 aliphatic rings. The van der Waals surface area contributed by atoms with E-state index in [0.717, 1.165) is 6.07 Å². The summed E-state index contributed by atoms with van der Waals surface area (Å²) in [5.74, 6) is -3.07. The van der Waals surface area contributed by atoms with Crippen LogP contribution in [0.3, 0.4) is 0 Å². The van der Waals surface area contributed by atoms with E-state index in [1.165, 1.54) is 19.1 Å². The second-order valence-corrected chi connectivity index (χ2v) is 3.62. The Morgan fingerprint density at radius 3 is 2.29 bits per heavy atom. The smallest absolute Gasteiger partial charge is 0.161 e. The summed E-state index contributed by atoms with van der Waals surface area (Å²) in [7, 11) is 0. The SMILES string of the molecule is CC(O)c1ccc(-c2cc(F)c(F)cc2F)o1. The minimum absolute atomic E-state index is 0.0392. The Bertz CT molecular complexity index is 547. The molecule has 1 unspecified atom stereocenters. The molecule has 0 fully saturated rings. The van der Waals surface area contributed by atoms with E-state index in [-0.39, 0.29) is 17.1 Å². The minimum Gasteiger partial charge on any atom is -0.458 e. The number of aliphatic hydroxyl groups is 1. The van der Waals surface area contributed by atoms with Crippen molar-refractivity contribution in [1.82, 2.24) is 0 Å². The van der Waals surface area contributed by atoms with Crippen molar-refractivity contribution in [3.8, 4) is 11.3 Å². The summed E-state index contributed by atoms with van der Waals surface area (Å²) in [5, 5.41) is 9.23. The first-order valence-corrected chi connectivity index (χ1v) is 4.91. The average molecular weight is 242 g/mol. The maximum Gasteiger partial charge on any atom is 0.161 e. The normalized spacial score (nSPS) is 12.8. The lowest BCUT2D eigenvalue weighted by Crippen LogP contribution is -1.90. The molecule has 1 heterocycles. The number of hydrogen-bond acceptors (Lipinski definition) is 2. The summed E-state index contributed by atoms with van der Waals surface area (Å²) in [6.07, 6.45) is -0.850. The van der Waals surface area contributed by atoms with Gasteiger partial charge in [0.05, 0.1) is 5.56 Å². The average Bonchev–Trinajstić information content (AvgIpc) is 2.72. The molecule has 0 amide bonds. The van der Waals surface area contributed by atoms with Gasteiger partial charge >= 0.3 is 0 Å². The van der Waals surface area contributed by atoms with Gasteiger partial charge in [-0.2, -0.15) is 0 Å². The maximum absolute atomic E-state index is 13.4. The van der Waals surface area contributed by atoms with Crippen LogP contribution in [0.1, 0.15) is 18.8 Å². The van der Waals surface area contributed by atoms with Gasteiger partial charge in [-0.15, -0.1) is 0 Å². The molecule has 0 aliphatic carbocycles. The molecular weight excluding hydrogens is 233 g/mol. The first kappa shape index (κ1) is 11.7. The lowest BCUT2D eigenvalue weighted by atomic mass is 10.1. The highest BCUT2D eigenvalue weighted by Gasteiger charge is 2.15. The zero-order valence-electron chi connectivity index (χ0n) is 8.88. The second kappa shape index (κ2) is 4.25. The number of hydrogen-bond donors (Lipinski definition) is 1. The van der Waals surface area contributed by atoms with Crippen molar-refractivity contribution >= 4 is 0 Å². The zero-order chi connectivity index (χ0) is 12.6. The van der Waals surface area contributed by atoms with Crippen LogP contribution in [0.25, 0.3) is 11.3 Å². The van der Waals surface area contributed by atoms with Gasteiger partial charge in [0, 0.05) is 6.07 Å². The fourth-order valence-corrected chi connectivity index (χ4v) is 1.43. The van der Waals surface area contributed by atoms with Crippen molar-refractivity contribution in [2.75, 3.05) is 0 Å². The number of aliphatic hydroxyl groups excluding tert-OH is 1. The summed E-state index contributed by atoms with van der Waals surface area (Å²) in [6, 6.07) is 4.00. The molecule has 0 radical (unpaired) electrons. The monoisotopic (exact) mass is 242 g/mol. The van der Waals surface area contributed by atoms with Gasteiger partial charge < -0.3 is 9.52 Å². The van der Waals surface area contributed by atoms with Crippen LogP contribution in [0.2, 0.25) is 0 Å². The van der Waals surface area contributed by atoms with Crippen LogP contribution in [0, 0.1) is 17.5 Å². The molecule has 1 aromatic heterocycles. The Morgan fingerprint density at radius 2 is 1.71 bits per heavy atom. The Hall–Kier alpha value is -1.75. The van der Waals surface area contributed by atoms with Crippen LogP contribution in [0.5, 0.6) is 0 Å². The van der Waals surface area contributed by atoms with Gasteiger partial charge in [0.25, 0.3) is 0 Å². The minimum atomic E-state index is -1.26. The molecule has 90 valence electrons. The summed E-state index contributed by atoms with van der Waals surface area (Å²) in [6.45, 7) is 1.48. The summed E-state index contributed by atoms with van der Waals surface area (Å²) in [5.41, 5.74) is -0.184. The molecule has 0 aliphatic heterocycles. The van der Waals surface area contributed by atoms with E-state index in [4.69, 9.17) is 4.42 Å². The van der Waals surface area contributed by atoms with Crippen LogP contribution < -0.4 is 0 Å². The largest absolute Gasteiger partial charge is 0.458 e. The van der Waals surface area contributed by atoms with Crippen molar-refractivity contribution in [2.45, 2.75) is 13.0 Å². The molecule has 0 bridgehead atoms. The fraction of sp³-hybridized carbons (Fsp3) is 0.167. The van der Waals surface area contributed by atoms with E-state index in [2.05, 4.69) is 0 Å². The molecule has 2 aromatic rings. The number of furan rings is 1. The van der Waals surface area contributed by atoms with Crippen molar-refractivity contribution in [3.63, 3.8) is 0 Å². The number of rotatable bonds is 2. The van der Waals surface area contributed by atoms with Crippen LogP contribution in [-0.4, -0.2) is 5.11 Å². The molecule has 1 aromatic carbocycles. The van der Waals surface area contributed by atoms with Crippen LogP contribution in [-0.2, 0) is 0 Å². The Balaban J connectivity index is 2.49. The topological polar surface area (TPSA) is 33.4 Å². The van der Waals surface area contributed by atoms with Gasteiger partial charge in [0.1, 0.15) is 23.4 Å². The zero-order valence-corrected chi connectivity index (χ0v) is 8.88. The number of halogens is 3. The van der Waals surface area contributed by atoms with Gasteiger partial charge in [0.15, 0.2) is 11.6 Å². The van der Waals surface area contributed by atoms with Crippen LogP contribution >= 0.6 is 0 Å². The molecular formula is C12H9F3O2. The first-order chi connectivity index (χ1) is 7.99. The molecule has 1 N–H and O–H groups in total. The molecule has 0 saturated carbocycles. The molecule has 2 nitrogen and oxygen atoms in total. The third-order valence-electron chi connectivity index (χ3n) is 2.31. The molecule has 1 atom stereocenters. The van der Waals surface area contributed by atoms with E-state index in [1.807, 2.05) is 0 Å². The van der Waals surface area contributed by atoms with Crippen LogP contribution in [0.4, 0.5) is 13.2 Å². The quantitative estimate of drug-likeness (QED) is 0.818. The van der Waals surface area contributed by atoms with Gasteiger partial charge in [-0.25, -0.2) is 13.2 Å². The van der Waals surface area contributed by atoms with Crippen molar-refractivity contribution in [3.05, 3.63) is 47.5 Å². The second-order valence-electron chi connectivity index (χ2n) is 3.62. The van der Waals surface area contributed by atoms with Crippen molar-refractivity contribution in [2.24, 2.45) is 0 Å². The highest BCUT2D eigenvalue weighted by atomic mass is 19.2. The molecule has 0 spiro atoms. The van der Waals surface area contributed by atoms with E-state index in [1.54, 1.807) is 0 Å². The third kappa shape index (κ3) is 2.19. The van der Waals surface area contributed by atoms with Crippen LogP contribution in [0.15, 0.2) is 28.7 Å². The first-order valence-electron chi connectivity index (χ1n) is 4.91. The Kier molecular flexibility index (Phi) is 2.93. The Labute approximate surface area is 95.3 Å². The summed E-state index contributed by atoms with van der Waals surface area (Å²) in [4.78, 5) is 0. The predicted octanol–water partition coefficient (Wildman–Crippen LogP) is 3.42. The standard InChI is InChI=1S/C12H9F3O2/c1-6(16)11-2-3-12(17-11)7-4-9(14)10(15)5-8(7)13/h2-6,16H,1H3. The molecule has 17 heavy (non-hydrogen) atoms. The van der Waals surface area contributed by atoms with Gasteiger partial charge in [0.2, 0.25) is 0 Å². The van der Waals surface area contributed by atoms with Crippen molar-refractivity contribution < 1.29 is 22.7 Å². The molecule has 2 rings (SSSR count). The van der Waals surface area contributed by atoms with Gasteiger partial charge in [-0.1, -0.05) is 0 Å². The van der Waals surface area contributed by atoms with Crippen molar-refractivity contribution in [1.29, 1.82) is 0 Å². The summed E-state index contributed by atoms with van der Waals surface area (Å²) < 4.78 is 44.2. The van der Waals surface area contributed by atoms with E-state index >= 15 is 0 Å². The lowest BCUT2D eigenvalue weighted by Gasteiger charge is -2.02. The van der Waals surface area contributed by atoms with E-state index < -0.39 is 23.6 Å². The maximum atomic E-state index is 13.4. The van der Waals surface area contributed by atoms with E-state index in [0.29, 0.717) is 6.07 Å². The third-order valence-corrected chi connectivity index (χ3v) is 2.31. The Morgan fingerprint density at radius 1 is 1.06 bits per heavy atom. The fourth-order valence-electron chi connectivity index (χ4n) is 1.43. The molecule has 0 saturated heterocycles. The van der Waals surface area contributed by atoms with Gasteiger partial charge in [-0.3, -0.25) is 0 Å². The van der Waals surface area contributed by atoms with Gasteiger partial charge in [-0.05, 0) is 25.1 Å². The predicted molar refractivity (Wildman–Crippen MR) is 54.7 cm³/mol. The molecule has 5 heteroatoms. The lowest BCUT2D eigenvalue weighted by molar-refractivity contribution is 0.170. The van der Waals surface area contributed by atoms with E-state index in [9.17, 15) is 18.3 Å². The highest BCUT2D eigenvalue weighted by Crippen LogP contribution is 2.28.